The average Bonchev–Trinajstić information content (AvgIpc) is 3.60. The molecule has 6 amide bonds. The van der Waals surface area contributed by atoms with Crippen molar-refractivity contribution < 1.29 is 49.3 Å². The third kappa shape index (κ3) is 11.2. The zero-order chi connectivity index (χ0) is 35.9. The smallest absolute Gasteiger partial charge is 0.268 e. The molecule has 1 aliphatic heterocycles. The quantitative estimate of drug-likeness (QED) is 0.0537. The zero-order valence-electron chi connectivity index (χ0n) is 26.6. The van der Waals surface area contributed by atoms with Crippen LogP contribution in [0.4, 0.5) is 0 Å². The number of hydroxylamine groups is 2. The number of imidazole rings is 1. The number of aliphatic hydroxyl groups excluding tert-OH is 2. The number of rotatable bonds is 18. The highest BCUT2D eigenvalue weighted by molar-refractivity contribution is 6.00. The molecular weight excluding hydrogens is 646 g/mol. The number of phenolic OH excluding ortho intramolecular Hbond substituents is 1. The lowest BCUT2D eigenvalue weighted by molar-refractivity contribution is -0.173. The second-order valence-corrected chi connectivity index (χ2v) is 11.3. The van der Waals surface area contributed by atoms with Gasteiger partial charge in [0.05, 0.1) is 25.1 Å². The van der Waals surface area contributed by atoms with Crippen molar-refractivity contribution in [3.63, 3.8) is 0 Å². The Kier molecular flexibility index (Phi) is 14.9. The van der Waals surface area contributed by atoms with Gasteiger partial charge in [-0.2, -0.15) is 0 Å². The maximum atomic E-state index is 13.6. The van der Waals surface area contributed by atoms with Crippen LogP contribution in [0, 0.1) is 0 Å². The summed E-state index contributed by atoms with van der Waals surface area (Å²) in [6.07, 6.45) is 4.15. The second-order valence-electron chi connectivity index (χ2n) is 11.3. The molecule has 0 saturated carbocycles. The molecule has 0 spiro atoms. The minimum atomic E-state index is -1.54. The van der Waals surface area contributed by atoms with Crippen LogP contribution in [0.1, 0.15) is 48.2 Å². The zero-order valence-corrected chi connectivity index (χ0v) is 26.6. The van der Waals surface area contributed by atoms with E-state index in [1.807, 2.05) is 0 Å². The first-order valence-electron chi connectivity index (χ1n) is 15.7. The number of aromatic amines is 1. The molecule has 5 unspecified atom stereocenters. The summed E-state index contributed by atoms with van der Waals surface area (Å²) in [5.74, 6) is -5.49. The van der Waals surface area contributed by atoms with Crippen LogP contribution in [-0.2, 0) is 30.4 Å². The van der Waals surface area contributed by atoms with Gasteiger partial charge in [-0.1, -0.05) is 12.1 Å². The maximum Gasteiger partial charge on any atom is 0.268 e. The number of aliphatic hydroxyl groups is 2. The molecule has 0 aliphatic carbocycles. The molecule has 1 saturated heterocycles. The van der Waals surface area contributed by atoms with E-state index >= 15 is 0 Å². The van der Waals surface area contributed by atoms with Crippen LogP contribution in [0.15, 0.2) is 36.8 Å². The summed E-state index contributed by atoms with van der Waals surface area (Å²) in [4.78, 5) is 84.6. The van der Waals surface area contributed by atoms with Crippen LogP contribution in [0.25, 0.3) is 0 Å². The van der Waals surface area contributed by atoms with Crippen LogP contribution >= 0.6 is 0 Å². The van der Waals surface area contributed by atoms with Crippen molar-refractivity contribution in [2.75, 3.05) is 26.3 Å². The molecule has 0 radical (unpaired) electrons. The molecule has 49 heavy (non-hydrogen) atoms. The van der Waals surface area contributed by atoms with Crippen molar-refractivity contribution in [2.24, 2.45) is 5.73 Å². The molecule has 268 valence electrons. The highest BCUT2D eigenvalue weighted by atomic mass is 16.5. The van der Waals surface area contributed by atoms with E-state index in [9.17, 15) is 49.3 Å². The van der Waals surface area contributed by atoms with Crippen LogP contribution in [0.5, 0.6) is 5.75 Å². The van der Waals surface area contributed by atoms with E-state index in [-0.39, 0.29) is 43.7 Å². The number of carbonyl (C=O) groups is 6. The standard InChI is InChI=1S/C30H43N9O10/c31-10-4-3-7-19(26(44)38-23(15-41)28(46)35-20-8-5-11-39(49)30(20)48)34-27(45)21(12-17-13-32-16-33-17)36-29(47)22(14-40)37-25(43)18-6-1-2-9-24(18)42/h1-2,6,9,13,16,19-23,40-42,49H,3-5,7-8,10-12,14-15,31H2,(H,32,33)(H,34,45)(H,35,46)(H,36,47)(H,37,43)(H,38,44). The Balaban J connectivity index is 1.74. The van der Waals surface area contributed by atoms with E-state index in [4.69, 9.17) is 5.73 Å². The first kappa shape index (κ1) is 38.3. The van der Waals surface area contributed by atoms with Gasteiger partial charge in [0, 0.05) is 24.9 Å². The lowest BCUT2D eigenvalue weighted by Gasteiger charge is -2.29. The Bertz CT molecular complexity index is 1440. The molecule has 3 rings (SSSR count). The molecule has 19 nitrogen and oxygen atoms in total. The van der Waals surface area contributed by atoms with Crippen molar-refractivity contribution in [1.82, 2.24) is 41.6 Å². The van der Waals surface area contributed by atoms with E-state index < -0.39 is 78.9 Å². The van der Waals surface area contributed by atoms with E-state index in [0.29, 0.717) is 30.0 Å². The third-order valence-electron chi connectivity index (χ3n) is 7.69. The Morgan fingerprint density at radius 1 is 0.918 bits per heavy atom. The number of phenols is 1. The van der Waals surface area contributed by atoms with Crippen molar-refractivity contribution >= 4 is 35.4 Å². The van der Waals surface area contributed by atoms with Crippen molar-refractivity contribution in [2.45, 2.75) is 68.7 Å². The fourth-order valence-corrected chi connectivity index (χ4v) is 4.96. The van der Waals surface area contributed by atoms with E-state index in [2.05, 4.69) is 36.6 Å². The molecule has 1 fully saturated rings. The number of aromatic nitrogens is 2. The Hall–Kier alpha value is -5.11. The van der Waals surface area contributed by atoms with Crippen LogP contribution in [0.2, 0.25) is 0 Å². The topological polar surface area (TPSA) is 301 Å². The van der Waals surface area contributed by atoms with E-state index in [0.717, 1.165) is 0 Å². The minimum absolute atomic E-state index is 0.0513. The van der Waals surface area contributed by atoms with Crippen LogP contribution in [0.3, 0.4) is 0 Å². The number of para-hydroxylation sites is 1. The van der Waals surface area contributed by atoms with Gasteiger partial charge in [-0.05, 0) is 50.8 Å². The number of nitrogens with one attached hydrogen (secondary N) is 6. The molecule has 2 aromatic rings. The summed E-state index contributed by atoms with van der Waals surface area (Å²) in [6.45, 7) is -1.32. The highest BCUT2D eigenvalue weighted by Gasteiger charge is 2.34. The molecule has 1 aromatic carbocycles. The number of H-pyrrole nitrogens is 1. The Morgan fingerprint density at radius 3 is 2.20 bits per heavy atom. The van der Waals surface area contributed by atoms with Gasteiger partial charge in [-0.3, -0.25) is 34.0 Å². The van der Waals surface area contributed by atoms with Crippen molar-refractivity contribution in [1.29, 1.82) is 0 Å². The summed E-state index contributed by atoms with van der Waals surface area (Å²) in [7, 11) is 0. The summed E-state index contributed by atoms with van der Waals surface area (Å²) >= 11 is 0. The van der Waals surface area contributed by atoms with Gasteiger partial charge in [0.1, 0.15) is 36.0 Å². The summed E-state index contributed by atoms with van der Waals surface area (Å²) in [5.41, 5.74) is 5.87. The molecule has 1 aromatic heterocycles. The molecule has 0 bridgehead atoms. The average molecular weight is 690 g/mol. The number of carbonyl (C=O) groups excluding carboxylic acids is 6. The summed E-state index contributed by atoms with van der Waals surface area (Å²) in [6, 6.07) is -1.20. The number of unbranched alkanes of at least 4 members (excludes halogenated alkanes) is 1. The predicted octanol–water partition coefficient (Wildman–Crippen LogP) is -3.48. The normalized spacial score (nSPS) is 16.9. The van der Waals surface area contributed by atoms with Gasteiger partial charge in [0.2, 0.25) is 23.6 Å². The fourth-order valence-electron chi connectivity index (χ4n) is 4.96. The molecule has 5 atom stereocenters. The number of aromatic hydroxyl groups is 1. The molecule has 12 N–H and O–H groups in total. The van der Waals surface area contributed by atoms with Crippen LogP contribution in [-0.4, -0.2) is 128 Å². The number of hydrogen-bond acceptors (Lipinski definition) is 12. The minimum Gasteiger partial charge on any atom is -0.507 e. The summed E-state index contributed by atoms with van der Waals surface area (Å²) < 4.78 is 0. The van der Waals surface area contributed by atoms with Crippen molar-refractivity contribution in [3.8, 4) is 5.75 Å². The summed E-state index contributed by atoms with van der Waals surface area (Å²) in [5, 5.41) is 52.0. The Morgan fingerprint density at radius 2 is 1.55 bits per heavy atom. The number of nitrogens with two attached hydrogens (primary N) is 1. The lowest BCUT2D eigenvalue weighted by Crippen LogP contribution is -2.60. The van der Waals surface area contributed by atoms with Gasteiger partial charge in [0.25, 0.3) is 11.8 Å². The number of nitrogens with zero attached hydrogens (tertiary/aromatic N) is 2. The Labute approximate surface area is 281 Å². The van der Waals surface area contributed by atoms with Gasteiger partial charge < -0.3 is 52.6 Å². The van der Waals surface area contributed by atoms with Gasteiger partial charge in [0.15, 0.2) is 0 Å². The van der Waals surface area contributed by atoms with Crippen molar-refractivity contribution in [3.05, 3.63) is 48.0 Å². The molecule has 19 heteroatoms. The first-order chi connectivity index (χ1) is 23.5. The van der Waals surface area contributed by atoms with Gasteiger partial charge >= 0.3 is 0 Å². The molecular formula is C30H43N9O10. The number of benzene rings is 1. The largest absolute Gasteiger partial charge is 0.507 e. The SMILES string of the molecule is NCCCCC(NC(=O)C(Cc1cnc[nH]1)NC(=O)C(CO)NC(=O)c1ccccc1O)C(=O)NC(CO)C(=O)NC1CCCN(O)C1=O. The maximum absolute atomic E-state index is 13.6. The second kappa shape index (κ2) is 19.0. The molecule has 1 aliphatic rings. The van der Waals surface area contributed by atoms with Gasteiger partial charge in [-0.25, -0.2) is 10.0 Å². The monoisotopic (exact) mass is 689 g/mol. The van der Waals surface area contributed by atoms with E-state index in [1.165, 1.54) is 36.8 Å². The van der Waals surface area contributed by atoms with Crippen LogP contribution < -0.4 is 32.3 Å². The number of amides is 6. The predicted molar refractivity (Wildman–Crippen MR) is 169 cm³/mol. The third-order valence-corrected chi connectivity index (χ3v) is 7.69. The fraction of sp³-hybridized carbons (Fsp3) is 0.500. The van der Waals surface area contributed by atoms with Gasteiger partial charge in [-0.15, -0.1) is 0 Å². The highest BCUT2D eigenvalue weighted by Crippen LogP contribution is 2.15. The van der Waals surface area contributed by atoms with E-state index in [1.54, 1.807) is 0 Å². The number of hydrogen-bond donors (Lipinski definition) is 11. The first-order valence-corrected chi connectivity index (χ1v) is 15.7. The lowest BCUT2D eigenvalue weighted by atomic mass is 10.0. The molecule has 2 heterocycles. The number of piperidine rings is 1.